The molecule has 0 radical (unpaired) electrons. The Hall–Kier alpha value is -1.71. The highest BCUT2D eigenvalue weighted by Crippen LogP contribution is 2.26. The quantitative estimate of drug-likeness (QED) is 0.643. The molecule has 1 unspecified atom stereocenters. The Bertz CT molecular complexity index is 780. The fraction of sp³-hybridized carbons (Fsp3) is 0.647. The van der Waals surface area contributed by atoms with E-state index in [-0.39, 0.29) is 23.3 Å². The zero-order chi connectivity index (χ0) is 18.7. The van der Waals surface area contributed by atoms with Gasteiger partial charge in [-0.25, -0.2) is 8.42 Å². The number of aromatic amines is 1. The van der Waals surface area contributed by atoms with Gasteiger partial charge in [0.05, 0.1) is 17.3 Å². The molecule has 1 atom stereocenters. The topological polar surface area (TPSA) is 107 Å². The lowest BCUT2D eigenvalue weighted by Crippen LogP contribution is -2.46. The number of carbonyl (C=O) groups excluding carboxylic acids is 1. The minimum absolute atomic E-state index is 0.0648. The standard InChI is InChI=1S/C17H27N5O3S/c1-12-16(13(2)21-20-12)26(24,25)22-9-3-4-15(11-22)17(23)19-10-14-5-7-18-8-6-14/h5,15,18H,3-4,6-11H2,1-2H3,(H,19,23)(H,20,21). The molecule has 0 spiro atoms. The first-order valence-electron chi connectivity index (χ1n) is 9.07. The number of carbonyl (C=O) groups is 1. The molecule has 1 fully saturated rings. The predicted octanol–water partition coefficient (Wildman–Crippen LogP) is 0.463. The number of piperidine rings is 1. The predicted molar refractivity (Wildman–Crippen MR) is 98.1 cm³/mol. The monoisotopic (exact) mass is 381 g/mol. The second-order valence-corrected chi connectivity index (χ2v) is 8.87. The zero-order valence-corrected chi connectivity index (χ0v) is 16.2. The number of sulfonamides is 1. The van der Waals surface area contributed by atoms with E-state index in [1.54, 1.807) is 13.8 Å². The van der Waals surface area contributed by atoms with E-state index in [1.165, 1.54) is 9.88 Å². The van der Waals surface area contributed by atoms with Crippen LogP contribution < -0.4 is 10.6 Å². The smallest absolute Gasteiger partial charge is 0.246 e. The third-order valence-electron chi connectivity index (χ3n) is 5.06. The number of aromatic nitrogens is 2. The van der Waals surface area contributed by atoms with Gasteiger partial charge in [0.2, 0.25) is 15.9 Å². The third-order valence-corrected chi connectivity index (χ3v) is 7.19. The summed E-state index contributed by atoms with van der Waals surface area (Å²) in [7, 11) is -3.64. The minimum atomic E-state index is -3.64. The van der Waals surface area contributed by atoms with Crippen LogP contribution in [0.15, 0.2) is 16.5 Å². The summed E-state index contributed by atoms with van der Waals surface area (Å²) in [5.41, 5.74) is 2.22. The summed E-state index contributed by atoms with van der Waals surface area (Å²) < 4.78 is 27.4. The number of aryl methyl sites for hydroxylation is 2. The second kappa shape index (κ2) is 7.89. The molecule has 1 saturated heterocycles. The molecule has 1 amide bonds. The molecule has 1 aromatic heterocycles. The molecular formula is C17H27N5O3S. The van der Waals surface area contributed by atoms with Crippen molar-refractivity contribution in [2.45, 2.75) is 38.0 Å². The normalized spacial score (nSPS) is 22.1. The molecule has 0 aromatic carbocycles. The van der Waals surface area contributed by atoms with Crippen LogP contribution >= 0.6 is 0 Å². The molecule has 9 heteroatoms. The molecule has 3 N–H and O–H groups in total. The van der Waals surface area contributed by atoms with Gasteiger partial charge < -0.3 is 10.6 Å². The summed E-state index contributed by atoms with van der Waals surface area (Å²) in [5, 5.41) is 12.9. The van der Waals surface area contributed by atoms with Gasteiger partial charge in [-0.3, -0.25) is 9.89 Å². The number of hydrogen-bond acceptors (Lipinski definition) is 5. The average Bonchev–Trinajstić information content (AvgIpc) is 2.99. The van der Waals surface area contributed by atoms with E-state index in [1.807, 2.05) is 0 Å². The number of amides is 1. The SMILES string of the molecule is Cc1n[nH]c(C)c1S(=O)(=O)N1CCCC(C(=O)NCC2=CCNCC2)C1. The number of nitrogens with one attached hydrogen (secondary N) is 3. The number of H-pyrrole nitrogens is 1. The van der Waals surface area contributed by atoms with Crippen molar-refractivity contribution in [1.29, 1.82) is 0 Å². The Kier molecular flexibility index (Phi) is 5.79. The number of hydrogen-bond donors (Lipinski definition) is 3. The Labute approximate surface area is 154 Å². The largest absolute Gasteiger partial charge is 0.352 e. The zero-order valence-electron chi connectivity index (χ0n) is 15.3. The van der Waals surface area contributed by atoms with Crippen LogP contribution in [0.3, 0.4) is 0 Å². The lowest BCUT2D eigenvalue weighted by atomic mass is 9.98. The van der Waals surface area contributed by atoms with Crippen molar-refractivity contribution in [2.24, 2.45) is 5.92 Å². The van der Waals surface area contributed by atoms with Crippen LogP contribution in [-0.2, 0) is 14.8 Å². The van der Waals surface area contributed by atoms with Gasteiger partial charge in [-0.2, -0.15) is 9.40 Å². The van der Waals surface area contributed by atoms with E-state index in [2.05, 4.69) is 26.9 Å². The Morgan fingerprint density at radius 3 is 2.88 bits per heavy atom. The molecule has 3 heterocycles. The van der Waals surface area contributed by atoms with Gasteiger partial charge >= 0.3 is 0 Å². The van der Waals surface area contributed by atoms with E-state index in [0.717, 1.165) is 19.5 Å². The summed E-state index contributed by atoms with van der Waals surface area (Å²) in [6.45, 7) is 6.35. The van der Waals surface area contributed by atoms with Crippen molar-refractivity contribution < 1.29 is 13.2 Å². The lowest BCUT2D eigenvalue weighted by molar-refractivity contribution is -0.125. The summed E-state index contributed by atoms with van der Waals surface area (Å²) in [5.74, 6) is -0.377. The van der Waals surface area contributed by atoms with Gasteiger partial charge in [-0.05, 0) is 39.7 Å². The Morgan fingerprint density at radius 2 is 2.23 bits per heavy atom. The number of rotatable bonds is 5. The van der Waals surface area contributed by atoms with Crippen molar-refractivity contribution in [3.8, 4) is 0 Å². The summed E-state index contributed by atoms with van der Waals surface area (Å²) in [6.07, 6.45) is 4.43. The van der Waals surface area contributed by atoms with Gasteiger partial charge in [-0.15, -0.1) is 0 Å². The minimum Gasteiger partial charge on any atom is -0.352 e. The van der Waals surface area contributed by atoms with E-state index >= 15 is 0 Å². The molecule has 144 valence electrons. The molecule has 26 heavy (non-hydrogen) atoms. The summed E-state index contributed by atoms with van der Waals surface area (Å²) in [4.78, 5) is 12.8. The van der Waals surface area contributed by atoms with Crippen molar-refractivity contribution in [3.63, 3.8) is 0 Å². The van der Waals surface area contributed by atoms with Crippen molar-refractivity contribution in [2.75, 3.05) is 32.7 Å². The Balaban J connectivity index is 1.65. The molecule has 2 aliphatic heterocycles. The molecule has 0 saturated carbocycles. The van der Waals surface area contributed by atoms with Crippen molar-refractivity contribution in [1.82, 2.24) is 25.1 Å². The molecule has 8 nitrogen and oxygen atoms in total. The fourth-order valence-electron chi connectivity index (χ4n) is 3.60. The van der Waals surface area contributed by atoms with Gasteiger partial charge in [0.1, 0.15) is 4.90 Å². The van der Waals surface area contributed by atoms with Crippen LogP contribution in [0, 0.1) is 19.8 Å². The van der Waals surface area contributed by atoms with Crippen LogP contribution in [0.2, 0.25) is 0 Å². The van der Waals surface area contributed by atoms with E-state index in [9.17, 15) is 13.2 Å². The highest BCUT2D eigenvalue weighted by Gasteiger charge is 2.35. The van der Waals surface area contributed by atoms with Gasteiger partial charge in [0.25, 0.3) is 0 Å². The van der Waals surface area contributed by atoms with Crippen molar-refractivity contribution >= 4 is 15.9 Å². The molecule has 2 aliphatic rings. The lowest BCUT2D eigenvalue weighted by Gasteiger charge is -2.31. The van der Waals surface area contributed by atoms with Crippen LogP contribution in [0.25, 0.3) is 0 Å². The first-order valence-corrected chi connectivity index (χ1v) is 10.5. The van der Waals surface area contributed by atoms with Gasteiger partial charge in [0, 0.05) is 26.2 Å². The summed E-state index contributed by atoms with van der Waals surface area (Å²) >= 11 is 0. The van der Waals surface area contributed by atoms with Crippen molar-refractivity contribution in [3.05, 3.63) is 23.0 Å². The Morgan fingerprint density at radius 1 is 1.42 bits per heavy atom. The molecule has 1 aromatic rings. The van der Waals surface area contributed by atoms with E-state index < -0.39 is 10.0 Å². The van der Waals surface area contributed by atoms with Gasteiger partial charge in [0.15, 0.2) is 0 Å². The highest BCUT2D eigenvalue weighted by molar-refractivity contribution is 7.89. The maximum absolute atomic E-state index is 13.0. The first-order chi connectivity index (χ1) is 12.4. The van der Waals surface area contributed by atoms with Crippen LogP contribution in [0.1, 0.15) is 30.7 Å². The highest BCUT2D eigenvalue weighted by atomic mass is 32.2. The van der Waals surface area contributed by atoms with Gasteiger partial charge in [-0.1, -0.05) is 11.6 Å². The molecule has 3 rings (SSSR count). The maximum atomic E-state index is 13.0. The van der Waals surface area contributed by atoms with E-state index in [4.69, 9.17) is 0 Å². The van der Waals surface area contributed by atoms with Crippen LogP contribution in [-0.4, -0.2) is 61.6 Å². The third kappa shape index (κ3) is 3.99. The average molecular weight is 382 g/mol. The second-order valence-electron chi connectivity index (χ2n) is 7.00. The van der Waals surface area contributed by atoms with Crippen LogP contribution in [0.5, 0.6) is 0 Å². The maximum Gasteiger partial charge on any atom is 0.246 e. The first kappa shape index (κ1) is 19.1. The fourth-order valence-corrected chi connectivity index (χ4v) is 5.46. The molecular weight excluding hydrogens is 354 g/mol. The molecule has 0 aliphatic carbocycles. The number of nitrogens with zero attached hydrogens (tertiary/aromatic N) is 2. The van der Waals surface area contributed by atoms with Crippen LogP contribution in [0.4, 0.5) is 0 Å². The molecule has 0 bridgehead atoms. The summed E-state index contributed by atoms with van der Waals surface area (Å²) in [6, 6.07) is 0. The van der Waals surface area contributed by atoms with E-state index in [0.29, 0.717) is 37.3 Å².